The fourth-order valence-corrected chi connectivity index (χ4v) is 3.60. The summed E-state index contributed by atoms with van der Waals surface area (Å²) in [6, 6.07) is 15.7. The van der Waals surface area contributed by atoms with Gasteiger partial charge in [0.25, 0.3) is 5.56 Å². The number of ketones is 1. The van der Waals surface area contributed by atoms with Crippen molar-refractivity contribution in [3.05, 3.63) is 76.7 Å². The van der Waals surface area contributed by atoms with Gasteiger partial charge < -0.3 is 4.57 Å². The largest absolute Gasteiger partial charge is 0.314 e. The van der Waals surface area contributed by atoms with E-state index in [0.29, 0.717) is 29.7 Å². The Morgan fingerprint density at radius 1 is 1.07 bits per heavy atom. The van der Waals surface area contributed by atoms with Gasteiger partial charge in [0.1, 0.15) is 0 Å². The molecule has 3 rings (SSSR count). The summed E-state index contributed by atoms with van der Waals surface area (Å²) in [5, 5.41) is 1.59. The summed E-state index contributed by atoms with van der Waals surface area (Å²) in [5.74, 6) is -0.0794. The van der Waals surface area contributed by atoms with Crippen LogP contribution in [0.4, 0.5) is 5.69 Å². The molecular formula is C21H23N3O4S. The number of Topliss-reactive ketones (excluding diaryl/α,β-unsaturated/α-hetero) is 1. The third kappa shape index (κ3) is 5.52. The van der Waals surface area contributed by atoms with Crippen molar-refractivity contribution in [1.29, 1.82) is 0 Å². The molecule has 7 nitrogen and oxygen atoms in total. The van der Waals surface area contributed by atoms with Crippen LogP contribution in [0, 0.1) is 0 Å². The fraction of sp³-hybridized carbons (Fsp3) is 0.238. The Balaban J connectivity index is 1.59. The molecule has 0 amide bonds. The van der Waals surface area contributed by atoms with Gasteiger partial charge in [-0.2, -0.15) is 0 Å². The monoisotopic (exact) mass is 413 g/mol. The molecule has 0 aliphatic carbocycles. The Morgan fingerprint density at radius 3 is 2.45 bits per heavy atom. The van der Waals surface area contributed by atoms with Gasteiger partial charge in [-0.25, -0.2) is 8.42 Å². The van der Waals surface area contributed by atoms with Crippen molar-refractivity contribution in [3.63, 3.8) is 0 Å². The van der Waals surface area contributed by atoms with Crippen LogP contribution in [0.2, 0.25) is 0 Å². The number of anilines is 1. The third-order valence-corrected chi connectivity index (χ3v) is 5.14. The molecule has 29 heavy (non-hydrogen) atoms. The lowest BCUT2D eigenvalue weighted by molar-refractivity contribution is 0.0944. The molecule has 152 valence electrons. The molecule has 0 aliphatic rings. The van der Waals surface area contributed by atoms with Gasteiger partial charge in [-0.3, -0.25) is 19.2 Å². The van der Waals surface area contributed by atoms with Crippen molar-refractivity contribution in [3.8, 4) is 0 Å². The molecule has 8 heteroatoms. The number of aromatic nitrogens is 1. The lowest BCUT2D eigenvalue weighted by atomic mass is 10.1. The van der Waals surface area contributed by atoms with E-state index < -0.39 is 10.0 Å². The highest BCUT2D eigenvalue weighted by Crippen LogP contribution is 2.12. The molecular weight excluding hydrogens is 390 g/mol. The lowest BCUT2D eigenvalue weighted by Crippen LogP contribution is -2.31. The first-order valence-electron chi connectivity index (χ1n) is 9.11. The molecule has 0 spiro atoms. The van der Waals surface area contributed by atoms with E-state index in [4.69, 9.17) is 0 Å². The first-order chi connectivity index (χ1) is 13.7. The topological polar surface area (TPSA) is 88.5 Å². The number of hydrogen-bond acceptors (Lipinski definition) is 5. The molecule has 0 atom stereocenters. The van der Waals surface area contributed by atoms with Crippen LogP contribution in [0.25, 0.3) is 10.8 Å². The van der Waals surface area contributed by atoms with E-state index in [1.54, 1.807) is 35.0 Å². The SMILES string of the molecule is CN(CCn1ccc2ccccc2c1=O)CC(=O)c1ccc(NS(C)(=O)=O)cc1. The number of hydrogen-bond donors (Lipinski definition) is 1. The quantitative estimate of drug-likeness (QED) is 0.572. The number of pyridine rings is 1. The van der Waals surface area contributed by atoms with Crippen LogP contribution in [0.1, 0.15) is 10.4 Å². The van der Waals surface area contributed by atoms with Crippen molar-refractivity contribution in [2.24, 2.45) is 0 Å². The predicted molar refractivity (Wildman–Crippen MR) is 115 cm³/mol. The maximum absolute atomic E-state index is 12.5. The number of nitrogens with one attached hydrogen (secondary N) is 1. The molecule has 2 aromatic carbocycles. The van der Waals surface area contributed by atoms with Crippen molar-refractivity contribution in [2.75, 3.05) is 31.1 Å². The molecule has 0 bridgehead atoms. The average Bonchev–Trinajstić information content (AvgIpc) is 2.67. The summed E-state index contributed by atoms with van der Waals surface area (Å²) in [7, 11) is -1.53. The molecule has 0 radical (unpaired) electrons. The normalized spacial score (nSPS) is 11.7. The molecule has 3 aromatic rings. The molecule has 1 N–H and O–H groups in total. The van der Waals surface area contributed by atoms with Gasteiger partial charge in [0.05, 0.1) is 12.8 Å². The number of nitrogens with zero attached hydrogens (tertiary/aromatic N) is 2. The second-order valence-electron chi connectivity index (χ2n) is 7.01. The average molecular weight is 413 g/mol. The molecule has 0 fully saturated rings. The number of sulfonamides is 1. The predicted octanol–water partition coefficient (Wildman–Crippen LogP) is 2.19. The number of carbonyl (C=O) groups is 1. The van der Waals surface area contributed by atoms with E-state index >= 15 is 0 Å². The standard InChI is InChI=1S/C21H23N3O4S/c1-23(13-14-24-12-11-16-5-3-4-6-19(16)21(24)26)15-20(25)17-7-9-18(10-8-17)22-29(2,27)28/h3-12,22H,13-15H2,1-2H3. The Morgan fingerprint density at radius 2 is 1.76 bits per heavy atom. The Bertz CT molecular complexity index is 1180. The van der Waals surface area contributed by atoms with Crippen LogP contribution in [0.15, 0.2) is 65.6 Å². The highest BCUT2D eigenvalue weighted by Gasteiger charge is 2.11. The molecule has 0 saturated carbocycles. The minimum atomic E-state index is -3.35. The summed E-state index contributed by atoms with van der Waals surface area (Å²) >= 11 is 0. The number of benzene rings is 2. The zero-order valence-electron chi connectivity index (χ0n) is 16.3. The molecule has 0 aliphatic heterocycles. The highest BCUT2D eigenvalue weighted by molar-refractivity contribution is 7.92. The minimum absolute atomic E-state index is 0.0446. The van der Waals surface area contributed by atoms with Crippen LogP contribution in [0.5, 0.6) is 0 Å². The van der Waals surface area contributed by atoms with E-state index in [0.717, 1.165) is 11.6 Å². The molecule has 1 heterocycles. The second-order valence-corrected chi connectivity index (χ2v) is 8.76. The van der Waals surface area contributed by atoms with Crippen molar-refractivity contribution in [1.82, 2.24) is 9.47 Å². The van der Waals surface area contributed by atoms with Gasteiger partial charge in [0, 0.05) is 35.9 Å². The van der Waals surface area contributed by atoms with Crippen LogP contribution in [0.3, 0.4) is 0 Å². The van der Waals surface area contributed by atoms with E-state index in [9.17, 15) is 18.0 Å². The van der Waals surface area contributed by atoms with Crippen molar-refractivity contribution >= 4 is 32.3 Å². The van der Waals surface area contributed by atoms with Gasteiger partial charge >= 0.3 is 0 Å². The van der Waals surface area contributed by atoms with E-state index in [1.807, 2.05) is 42.3 Å². The molecule has 1 aromatic heterocycles. The van der Waals surface area contributed by atoms with Crippen molar-refractivity contribution in [2.45, 2.75) is 6.54 Å². The smallest absolute Gasteiger partial charge is 0.258 e. The van der Waals surface area contributed by atoms with Gasteiger partial charge in [0.2, 0.25) is 10.0 Å². The summed E-state index contributed by atoms with van der Waals surface area (Å²) in [4.78, 5) is 26.9. The molecule has 0 unspecified atom stereocenters. The maximum Gasteiger partial charge on any atom is 0.258 e. The second kappa shape index (κ2) is 8.59. The number of carbonyl (C=O) groups excluding carboxylic acids is 1. The van der Waals surface area contributed by atoms with Gasteiger partial charge in [0.15, 0.2) is 5.78 Å². The zero-order valence-corrected chi connectivity index (χ0v) is 17.1. The lowest BCUT2D eigenvalue weighted by Gasteiger charge is -2.17. The van der Waals surface area contributed by atoms with E-state index in [-0.39, 0.29) is 17.9 Å². The van der Waals surface area contributed by atoms with Gasteiger partial charge in [-0.1, -0.05) is 18.2 Å². The van der Waals surface area contributed by atoms with Crippen LogP contribution in [-0.4, -0.2) is 50.1 Å². The van der Waals surface area contributed by atoms with Crippen LogP contribution < -0.4 is 10.3 Å². The van der Waals surface area contributed by atoms with Gasteiger partial charge in [-0.05, 0) is 48.8 Å². The van der Waals surface area contributed by atoms with E-state index in [2.05, 4.69) is 4.72 Å². The summed E-state index contributed by atoms with van der Waals surface area (Å²) in [6.07, 6.45) is 2.84. The third-order valence-electron chi connectivity index (χ3n) is 4.53. The maximum atomic E-state index is 12.5. The first-order valence-corrected chi connectivity index (χ1v) is 11.0. The minimum Gasteiger partial charge on any atom is -0.314 e. The number of likely N-dealkylation sites (N-methyl/N-ethyl adjacent to an activating group) is 1. The number of fused-ring (bicyclic) bond motifs is 1. The first kappa shape index (κ1) is 20.8. The summed E-state index contributed by atoms with van der Waals surface area (Å²) in [5.41, 5.74) is 0.864. The summed E-state index contributed by atoms with van der Waals surface area (Å²) in [6.45, 7) is 1.21. The van der Waals surface area contributed by atoms with Crippen molar-refractivity contribution < 1.29 is 13.2 Å². The fourth-order valence-electron chi connectivity index (χ4n) is 3.04. The Hall–Kier alpha value is -2.97. The summed E-state index contributed by atoms with van der Waals surface area (Å²) < 4.78 is 26.5. The van der Waals surface area contributed by atoms with Gasteiger partial charge in [-0.15, -0.1) is 0 Å². The highest BCUT2D eigenvalue weighted by atomic mass is 32.2. The number of rotatable bonds is 8. The Kier molecular flexibility index (Phi) is 6.14. The van der Waals surface area contributed by atoms with Crippen LogP contribution in [-0.2, 0) is 16.6 Å². The molecule has 0 saturated heterocycles. The Labute approximate surface area is 169 Å². The van der Waals surface area contributed by atoms with E-state index in [1.165, 1.54) is 0 Å². The van der Waals surface area contributed by atoms with Crippen LogP contribution >= 0.6 is 0 Å². The zero-order chi connectivity index (χ0) is 21.0.